The summed E-state index contributed by atoms with van der Waals surface area (Å²) >= 11 is 0. The number of nitro benzene ring substituents is 1. The number of nitro groups is 1. The summed E-state index contributed by atoms with van der Waals surface area (Å²) in [6.45, 7) is 2.53. The number of carbonyl (C=O) groups is 2. The fourth-order valence-electron chi connectivity index (χ4n) is 4.61. The molecule has 0 aromatic heterocycles. The number of methoxy groups -OCH3 is 2. The van der Waals surface area contributed by atoms with Crippen molar-refractivity contribution in [1.29, 1.82) is 0 Å². The predicted octanol–water partition coefficient (Wildman–Crippen LogP) is 2.12. The average molecular weight is 494 g/mol. The molecule has 0 unspecified atom stereocenters. The number of rotatable bonds is 3. The summed E-state index contributed by atoms with van der Waals surface area (Å²) in [6.07, 6.45) is 1.01. The molecule has 1 aromatic carbocycles. The molecule has 1 saturated heterocycles. The van der Waals surface area contributed by atoms with Crippen molar-refractivity contribution >= 4 is 17.5 Å². The highest BCUT2D eigenvalue weighted by Gasteiger charge is 2.34. The van der Waals surface area contributed by atoms with Crippen LogP contribution in [0.25, 0.3) is 0 Å². The number of hydrogen-bond donors (Lipinski definition) is 0. The van der Waals surface area contributed by atoms with Crippen molar-refractivity contribution in [3.05, 3.63) is 33.9 Å². The number of carbonyl (C=O) groups excluding carboxylic acids is 2. The Morgan fingerprint density at radius 3 is 2.43 bits per heavy atom. The Hall–Kier alpha value is -2.76. The van der Waals surface area contributed by atoms with Crippen LogP contribution >= 0.6 is 0 Å². The predicted molar refractivity (Wildman–Crippen MR) is 126 cm³/mol. The number of ether oxygens (including phenoxy) is 4. The number of benzene rings is 1. The van der Waals surface area contributed by atoms with Crippen molar-refractivity contribution in [2.24, 2.45) is 5.92 Å². The van der Waals surface area contributed by atoms with Gasteiger partial charge in [-0.2, -0.15) is 0 Å². The quantitative estimate of drug-likeness (QED) is 0.464. The molecule has 11 heteroatoms. The van der Waals surface area contributed by atoms with Crippen molar-refractivity contribution in [1.82, 2.24) is 9.80 Å². The van der Waals surface area contributed by atoms with Gasteiger partial charge in [-0.3, -0.25) is 19.7 Å². The van der Waals surface area contributed by atoms with Crippen molar-refractivity contribution in [2.75, 3.05) is 48.0 Å². The van der Waals surface area contributed by atoms with Gasteiger partial charge in [-0.05, 0) is 25.3 Å². The van der Waals surface area contributed by atoms with Gasteiger partial charge in [0.1, 0.15) is 18.5 Å². The number of hydrogen-bond acceptors (Lipinski definition) is 8. The number of fused-ring (bicyclic) bond motifs is 3. The van der Waals surface area contributed by atoms with E-state index in [0.717, 1.165) is 12.8 Å². The van der Waals surface area contributed by atoms with E-state index in [1.807, 2.05) is 0 Å². The van der Waals surface area contributed by atoms with Crippen LogP contribution in [0, 0.1) is 16.0 Å². The molecule has 1 fully saturated rings. The van der Waals surface area contributed by atoms with E-state index < -0.39 is 22.9 Å². The van der Waals surface area contributed by atoms with E-state index in [1.54, 1.807) is 33.0 Å². The summed E-state index contributed by atoms with van der Waals surface area (Å²) in [5, 5.41) is 11.4. The molecule has 0 N–H and O–H groups in total. The normalized spacial score (nSPS) is 28.9. The van der Waals surface area contributed by atoms with Gasteiger partial charge >= 0.3 is 0 Å². The third kappa shape index (κ3) is 6.28. The fourth-order valence-corrected chi connectivity index (χ4v) is 4.61. The lowest BCUT2D eigenvalue weighted by molar-refractivity contribution is -0.384. The third-order valence-corrected chi connectivity index (χ3v) is 6.88. The molecule has 0 radical (unpaired) electrons. The lowest BCUT2D eigenvalue weighted by Gasteiger charge is -2.37. The fraction of sp³-hybridized carbons (Fsp3) is 0.667. The maximum absolute atomic E-state index is 13.4. The number of nitrogens with zero attached hydrogens (tertiary/aromatic N) is 3. The molecule has 2 amide bonds. The Morgan fingerprint density at radius 2 is 1.77 bits per heavy atom. The minimum absolute atomic E-state index is 0.0565. The third-order valence-electron chi connectivity index (χ3n) is 6.88. The van der Waals surface area contributed by atoms with Crippen LogP contribution in [0.2, 0.25) is 0 Å². The lowest BCUT2D eigenvalue weighted by atomic mass is 9.98. The van der Waals surface area contributed by atoms with Crippen LogP contribution in [0.1, 0.15) is 36.5 Å². The van der Waals surface area contributed by atoms with Gasteiger partial charge in [0.25, 0.3) is 11.6 Å². The van der Waals surface area contributed by atoms with E-state index in [0.29, 0.717) is 13.0 Å². The second-order valence-corrected chi connectivity index (χ2v) is 9.19. The van der Waals surface area contributed by atoms with Gasteiger partial charge in [-0.25, -0.2) is 0 Å². The van der Waals surface area contributed by atoms with Gasteiger partial charge in [-0.15, -0.1) is 0 Å². The van der Waals surface area contributed by atoms with E-state index in [4.69, 9.17) is 18.9 Å². The molecule has 0 saturated carbocycles. The van der Waals surface area contributed by atoms with Crippen LogP contribution in [-0.4, -0.2) is 99.0 Å². The van der Waals surface area contributed by atoms with Crippen molar-refractivity contribution in [3.63, 3.8) is 0 Å². The average Bonchev–Trinajstić information content (AvgIpc) is 2.86. The van der Waals surface area contributed by atoms with E-state index in [9.17, 15) is 19.7 Å². The molecular formula is C24H35N3O8. The van der Waals surface area contributed by atoms with Gasteiger partial charge < -0.3 is 28.7 Å². The minimum atomic E-state index is -0.562. The molecule has 2 bridgehead atoms. The van der Waals surface area contributed by atoms with Crippen LogP contribution in [0.4, 0.5) is 5.69 Å². The highest BCUT2D eigenvalue weighted by Crippen LogP contribution is 2.29. The van der Waals surface area contributed by atoms with Crippen molar-refractivity contribution in [3.8, 4) is 5.75 Å². The van der Waals surface area contributed by atoms with Crippen molar-refractivity contribution in [2.45, 2.75) is 50.6 Å². The summed E-state index contributed by atoms with van der Waals surface area (Å²) < 4.78 is 23.4. The molecule has 11 nitrogen and oxygen atoms in total. The minimum Gasteiger partial charge on any atom is -0.490 e. The van der Waals surface area contributed by atoms with Gasteiger partial charge in [-0.1, -0.05) is 6.92 Å². The first-order valence-electron chi connectivity index (χ1n) is 11.8. The van der Waals surface area contributed by atoms with Crippen LogP contribution < -0.4 is 4.74 Å². The van der Waals surface area contributed by atoms with Crippen LogP contribution in [0.3, 0.4) is 0 Å². The smallest absolute Gasteiger partial charge is 0.270 e. The second kappa shape index (κ2) is 11.8. The number of amides is 2. The van der Waals surface area contributed by atoms with Crippen molar-refractivity contribution < 1.29 is 33.5 Å². The van der Waals surface area contributed by atoms with E-state index in [1.165, 1.54) is 30.2 Å². The Labute approximate surface area is 205 Å². The first-order chi connectivity index (χ1) is 16.7. The molecule has 2 aliphatic heterocycles. The standard InChI is InChI=1S/C24H35N3O8/c1-15-21(33-5)13-26(3)24(29)18-12-16(27(30)31)6-8-19(18)34-14-22-20(32-4)9-7-17(35-22)10-11-25(2)23(15)28/h6,8,12,15,17,20-22H,7,9-11,13-14H2,1-5H3/t15-,17+,20+,21-,22-/m1/s1. The van der Waals surface area contributed by atoms with E-state index in [-0.39, 0.29) is 54.4 Å². The molecular weight excluding hydrogens is 458 g/mol. The zero-order valence-electron chi connectivity index (χ0n) is 21.0. The molecule has 5 atom stereocenters. The Balaban J connectivity index is 1.98. The van der Waals surface area contributed by atoms with Crippen LogP contribution in [-0.2, 0) is 19.0 Å². The molecule has 2 heterocycles. The topological polar surface area (TPSA) is 121 Å². The first kappa shape index (κ1) is 26.8. The highest BCUT2D eigenvalue weighted by molar-refractivity contribution is 5.97. The molecule has 3 rings (SSSR count). The summed E-state index contributed by atoms with van der Waals surface area (Å²) in [6, 6.07) is 3.94. The molecule has 1 aromatic rings. The molecule has 0 aliphatic carbocycles. The zero-order chi connectivity index (χ0) is 25.7. The number of likely N-dealkylation sites (N-methyl/N-ethyl adjacent to an activating group) is 1. The number of non-ortho nitro benzene ring substituents is 1. The monoisotopic (exact) mass is 493 g/mol. The second-order valence-electron chi connectivity index (χ2n) is 9.19. The zero-order valence-corrected chi connectivity index (χ0v) is 21.0. The summed E-state index contributed by atoms with van der Waals surface area (Å²) in [7, 11) is 6.43. The van der Waals surface area contributed by atoms with Gasteiger partial charge in [0, 0.05) is 53.5 Å². The van der Waals surface area contributed by atoms with E-state index in [2.05, 4.69) is 0 Å². The summed E-state index contributed by atoms with van der Waals surface area (Å²) in [4.78, 5) is 40.3. The molecule has 194 valence electrons. The highest BCUT2D eigenvalue weighted by atomic mass is 16.6. The maximum atomic E-state index is 13.4. The van der Waals surface area contributed by atoms with Gasteiger partial charge in [0.2, 0.25) is 5.91 Å². The largest absolute Gasteiger partial charge is 0.490 e. The Bertz CT molecular complexity index is 926. The Morgan fingerprint density at radius 1 is 1.06 bits per heavy atom. The van der Waals surface area contributed by atoms with Gasteiger partial charge in [0.05, 0.1) is 34.7 Å². The van der Waals surface area contributed by atoms with E-state index >= 15 is 0 Å². The molecule has 2 aliphatic rings. The summed E-state index contributed by atoms with van der Waals surface area (Å²) in [5.41, 5.74) is -0.165. The molecule has 0 spiro atoms. The Kier molecular flexibility index (Phi) is 9.03. The maximum Gasteiger partial charge on any atom is 0.270 e. The lowest BCUT2D eigenvalue weighted by Crippen LogP contribution is -2.47. The molecule has 35 heavy (non-hydrogen) atoms. The first-order valence-corrected chi connectivity index (χ1v) is 11.8. The van der Waals surface area contributed by atoms with Gasteiger partial charge in [0.15, 0.2) is 0 Å². The van der Waals surface area contributed by atoms with Crippen LogP contribution in [0.5, 0.6) is 5.75 Å². The summed E-state index contributed by atoms with van der Waals surface area (Å²) in [5.74, 6) is -0.854. The SMILES string of the molecule is CO[C@H]1CC[C@H]2CCN(C)C(=O)[C@H](C)[C@H](OC)CN(C)C(=O)c3cc([N+](=O)[O-])ccc3OC[C@H]1O2. The van der Waals surface area contributed by atoms with Crippen LogP contribution in [0.15, 0.2) is 18.2 Å².